The van der Waals surface area contributed by atoms with E-state index in [4.69, 9.17) is 9.15 Å². The fraction of sp³-hybridized carbons (Fsp3) is 0.364. The molecule has 1 N–H and O–H groups in total. The molecular weight excluding hydrogens is 375 g/mol. The van der Waals surface area contributed by atoms with Gasteiger partial charge in [-0.05, 0) is 51.5 Å². The largest absolute Gasteiger partial charge is 0.453 e. The minimum absolute atomic E-state index is 0.0342. The molecule has 0 unspecified atom stereocenters. The maximum atomic E-state index is 14.1. The first kappa shape index (κ1) is 19.2. The van der Waals surface area contributed by atoms with Gasteiger partial charge in [0, 0.05) is 24.8 Å². The van der Waals surface area contributed by atoms with E-state index < -0.39 is 17.5 Å². The number of alkyl carbamates (subject to hydrolysis) is 1. The van der Waals surface area contributed by atoms with E-state index >= 15 is 0 Å². The summed E-state index contributed by atoms with van der Waals surface area (Å²) in [5, 5.41) is 3.53. The van der Waals surface area contributed by atoms with Crippen LogP contribution in [-0.2, 0) is 4.74 Å². The van der Waals surface area contributed by atoms with Crippen LogP contribution < -0.4 is 15.6 Å². The van der Waals surface area contributed by atoms with E-state index in [1.807, 2.05) is 26.8 Å². The van der Waals surface area contributed by atoms with Gasteiger partial charge in [0.15, 0.2) is 11.4 Å². The van der Waals surface area contributed by atoms with Crippen LogP contribution in [0.4, 0.5) is 14.9 Å². The lowest BCUT2D eigenvalue weighted by Gasteiger charge is -2.22. The van der Waals surface area contributed by atoms with Crippen LogP contribution in [0.25, 0.3) is 21.9 Å². The Kier molecular flexibility index (Phi) is 4.68. The number of fused-ring (bicyclic) bond motifs is 2. The summed E-state index contributed by atoms with van der Waals surface area (Å²) in [7, 11) is 0. The summed E-state index contributed by atoms with van der Waals surface area (Å²) in [6.45, 7) is 6.81. The smallest absolute Gasteiger partial charge is 0.407 e. The van der Waals surface area contributed by atoms with Crippen molar-refractivity contribution in [1.29, 1.82) is 0 Å². The maximum Gasteiger partial charge on any atom is 0.407 e. The molecule has 1 saturated heterocycles. The van der Waals surface area contributed by atoms with Crippen molar-refractivity contribution in [1.82, 2.24) is 5.32 Å². The van der Waals surface area contributed by atoms with Crippen molar-refractivity contribution < 1.29 is 18.3 Å². The zero-order valence-electron chi connectivity index (χ0n) is 16.6. The molecular formula is C22H23FN2O4. The lowest BCUT2D eigenvalue weighted by Crippen LogP contribution is -2.40. The van der Waals surface area contributed by atoms with Gasteiger partial charge in [-0.3, -0.25) is 4.79 Å². The van der Waals surface area contributed by atoms with Gasteiger partial charge < -0.3 is 19.4 Å². The zero-order chi connectivity index (χ0) is 20.8. The van der Waals surface area contributed by atoms with Gasteiger partial charge in [0.2, 0.25) is 5.43 Å². The molecule has 6 nitrogen and oxygen atoms in total. The Morgan fingerprint density at radius 3 is 2.79 bits per heavy atom. The number of nitrogens with zero attached hydrogens (tertiary/aromatic N) is 1. The number of rotatable bonds is 2. The van der Waals surface area contributed by atoms with Gasteiger partial charge >= 0.3 is 6.09 Å². The zero-order valence-corrected chi connectivity index (χ0v) is 16.6. The van der Waals surface area contributed by atoms with Crippen LogP contribution in [0.3, 0.4) is 0 Å². The Labute approximate surface area is 167 Å². The molecule has 1 aromatic heterocycles. The van der Waals surface area contributed by atoms with Crippen LogP contribution in [0.5, 0.6) is 0 Å². The quantitative estimate of drug-likeness (QED) is 0.656. The minimum Gasteiger partial charge on any atom is -0.453 e. The van der Waals surface area contributed by atoms with Gasteiger partial charge in [-0.15, -0.1) is 0 Å². The SMILES string of the molecule is CC(C)(C)OC(=O)N[C@H]1CCN(c2ccc3c(=O)c4cccc(F)c4oc3c2)C1. The van der Waals surface area contributed by atoms with Crippen molar-refractivity contribution in [3.63, 3.8) is 0 Å². The number of carbonyl (C=O) groups is 1. The molecule has 3 aromatic rings. The van der Waals surface area contributed by atoms with Gasteiger partial charge in [-0.2, -0.15) is 0 Å². The van der Waals surface area contributed by atoms with E-state index in [1.165, 1.54) is 12.1 Å². The number of hydrogen-bond donors (Lipinski definition) is 1. The fourth-order valence-corrected chi connectivity index (χ4v) is 3.61. The second-order valence-corrected chi connectivity index (χ2v) is 8.31. The number of para-hydroxylation sites is 1. The lowest BCUT2D eigenvalue weighted by atomic mass is 10.1. The van der Waals surface area contributed by atoms with Crippen molar-refractivity contribution >= 4 is 33.7 Å². The molecule has 7 heteroatoms. The highest BCUT2D eigenvalue weighted by atomic mass is 19.1. The molecule has 0 bridgehead atoms. The number of anilines is 1. The second-order valence-electron chi connectivity index (χ2n) is 8.31. The molecule has 0 saturated carbocycles. The normalized spacial score (nSPS) is 17.1. The Balaban J connectivity index is 1.57. The molecule has 1 aliphatic rings. The maximum absolute atomic E-state index is 14.1. The summed E-state index contributed by atoms with van der Waals surface area (Å²) in [4.78, 5) is 26.7. The molecule has 1 atom stereocenters. The number of carbonyl (C=O) groups excluding carboxylic acids is 1. The van der Waals surface area contributed by atoms with Crippen molar-refractivity contribution in [3.8, 4) is 0 Å². The van der Waals surface area contributed by atoms with Gasteiger partial charge in [0.25, 0.3) is 0 Å². The second kappa shape index (κ2) is 7.06. The molecule has 1 aliphatic heterocycles. The van der Waals surface area contributed by atoms with Crippen LogP contribution >= 0.6 is 0 Å². The first-order valence-electron chi connectivity index (χ1n) is 9.61. The summed E-state index contributed by atoms with van der Waals surface area (Å²) < 4.78 is 25.1. The van der Waals surface area contributed by atoms with Gasteiger partial charge in [0.1, 0.15) is 11.2 Å². The minimum atomic E-state index is -0.560. The van der Waals surface area contributed by atoms with Gasteiger partial charge in [0.05, 0.1) is 16.8 Å². The predicted octanol–water partition coefficient (Wildman–Crippen LogP) is 4.19. The Morgan fingerprint density at radius 1 is 1.24 bits per heavy atom. The third kappa shape index (κ3) is 3.90. The number of halogens is 1. The number of hydrogen-bond acceptors (Lipinski definition) is 5. The molecule has 0 spiro atoms. The van der Waals surface area contributed by atoms with Gasteiger partial charge in [-0.25, -0.2) is 9.18 Å². The Morgan fingerprint density at radius 2 is 2.03 bits per heavy atom. The highest BCUT2D eigenvalue weighted by molar-refractivity contribution is 5.91. The highest BCUT2D eigenvalue weighted by Crippen LogP contribution is 2.27. The molecule has 0 radical (unpaired) electrons. The van der Waals surface area contributed by atoms with E-state index in [0.29, 0.717) is 17.5 Å². The van der Waals surface area contributed by atoms with Crippen molar-refractivity contribution in [2.45, 2.75) is 38.8 Å². The molecule has 1 amide bonds. The lowest BCUT2D eigenvalue weighted by molar-refractivity contribution is 0.0509. The molecule has 2 heterocycles. The van der Waals surface area contributed by atoms with E-state index in [0.717, 1.165) is 18.7 Å². The van der Waals surface area contributed by atoms with E-state index in [9.17, 15) is 14.0 Å². The molecule has 2 aromatic carbocycles. The fourth-order valence-electron chi connectivity index (χ4n) is 3.61. The van der Waals surface area contributed by atoms with E-state index in [-0.39, 0.29) is 22.4 Å². The van der Waals surface area contributed by atoms with Crippen LogP contribution in [0.15, 0.2) is 45.6 Å². The predicted molar refractivity (Wildman–Crippen MR) is 110 cm³/mol. The van der Waals surface area contributed by atoms with Crippen molar-refractivity contribution in [3.05, 3.63) is 52.4 Å². The molecule has 4 rings (SSSR count). The summed E-state index contributed by atoms with van der Waals surface area (Å²) >= 11 is 0. The molecule has 152 valence electrons. The van der Waals surface area contributed by atoms with Crippen LogP contribution in [0.2, 0.25) is 0 Å². The molecule has 1 fully saturated rings. The van der Waals surface area contributed by atoms with E-state index in [2.05, 4.69) is 10.2 Å². The molecule has 29 heavy (non-hydrogen) atoms. The summed E-state index contributed by atoms with van der Waals surface area (Å²) in [5.41, 5.74) is 0.362. The third-order valence-electron chi connectivity index (χ3n) is 4.91. The number of amides is 1. The van der Waals surface area contributed by atoms with Crippen molar-refractivity contribution in [2.24, 2.45) is 0 Å². The first-order valence-corrected chi connectivity index (χ1v) is 9.61. The average molecular weight is 398 g/mol. The molecule has 0 aliphatic carbocycles. The summed E-state index contributed by atoms with van der Waals surface area (Å²) in [6.07, 6.45) is 0.337. The van der Waals surface area contributed by atoms with E-state index in [1.54, 1.807) is 18.2 Å². The number of nitrogens with one attached hydrogen (secondary N) is 1. The topological polar surface area (TPSA) is 71.8 Å². The standard InChI is InChI=1S/C22H23FN2O4/c1-22(2,3)29-21(27)24-13-9-10-25(12-13)14-7-8-15-18(11-14)28-20-16(19(15)26)5-4-6-17(20)23/h4-8,11,13H,9-10,12H2,1-3H3,(H,24,27)/t13-/m0/s1. The number of benzene rings is 2. The van der Waals surface area contributed by atoms with Crippen LogP contribution in [-0.4, -0.2) is 30.8 Å². The van der Waals surface area contributed by atoms with Crippen LogP contribution in [0.1, 0.15) is 27.2 Å². The van der Waals surface area contributed by atoms with Crippen LogP contribution in [0, 0.1) is 5.82 Å². The first-order chi connectivity index (χ1) is 13.7. The Hall–Kier alpha value is -3.09. The Bertz CT molecular complexity index is 1150. The van der Waals surface area contributed by atoms with Crippen molar-refractivity contribution in [2.75, 3.05) is 18.0 Å². The van der Waals surface area contributed by atoms with Gasteiger partial charge in [-0.1, -0.05) is 6.07 Å². The highest BCUT2D eigenvalue weighted by Gasteiger charge is 2.26. The number of ether oxygens (including phenoxy) is 1. The average Bonchev–Trinajstić information content (AvgIpc) is 3.09. The third-order valence-corrected chi connectivity index (χ3v) is 4.91. The summed E-state index contributed by atoms with van der Waals surface area (Å²) in [6, 6.07) is 9.59. The monoisotopic (exact) mass is 398 g/mol. The summed E-state index contributed by atoms with van der Waals surface area (Å²) in [5.74, 6) is -0.560.